The molecule has 0 heterocycles. The molecule has 1 aromatic rings. The monoisotopic (exact) mass is 253 g/mol. The van der Waals surface area contributed by atoms with Crippen molar-refractivity contribution >= 4 is 11.8 Å². The molecule has 2 atom stereocenters. The predicted octanol–water partition coefficient (Wildman–Crippen LogP) is 2.03. The lowest BCUT2D eigenvalue weighted by atomic mass is 10.0. The molecule has 1 saturated carbocycles. The van der Waals surface area contributed by atoms with Crippen molar-refractivity contribution in [3.05, 3.63) is 24.3 Å². The average molecular weight is 253 g/mol. The minimum absolute atomic E-state index is 0.0900. The summed E-state index contributed by atoms with van der Waals surface area (Å²) in [5.74, 6) is 0.879. The van der Waals surface area contributed by atoms with Crippen LogP contribution in [-0.2, 0) is 0 Å². The molecule has 94 valence electrons. The number of methoxy groups -OCH3 is 1. The topological polar surface area (TPSA) is 55.5 Å². The Kier molecular flexibility index (Phi) is 3.97. The van der Waals surface area contributed by atoms with Crippen LogP contribution >= 0.6 is 11.8 Å². The minimum Gasteiger partial charge on any atom is -0.497 e. The van der Waals surface area contributed by atoms with E-state index in [1.54, 1.807) is 7.11 Å². The van der Waals surface area contributed by atoms with Gasteiger partial charge in [0.05, 0.1) is 13.7 Å². The molecule has 0 saturated heterocycles. The molecule has 1 fully saturated rings. The first-order valence-corrected chi connectivity index (χ1v) is 6.74. The summed E-state index contributed by atoms with van der Waals surface area (Å²) in [7, 11) is 1.67. The average Bonchev–Trinajstić information content (AvgIpc) is 2.73. The zero-order chi connectivity index (χ0) is 12.3. The Balaban J connectivity index is 1.93. The van der Waals surface area contributed by atoms with Crippen molar-refractivity contribution in [2.75, 3.05) is 13.7 Å². The zero-order valence-electron chi connectivity index (χ0n) is 10.1. The predicted molar refractivity (Wildman–Crippen MR) is 70.5 cm³/mol. The third-order valence-electron chi connectivity index (χ3n) is 3.28. The summed E-state index contributed by atoms with van der Waals surface area (Å²) in [6.07, 6.45) is 2.88. The van der Waals surface area contributed by atoms with E-state index in [1.165, 1.54) is 4.90 Å². The van der Waals surface area contributed by atoms with Gasteiger partial charge in [0.1, 0.15) is 5.75 Å². The minimum atomic E-state index is -0.357. The molecule has 3 nitrogen and oxygen atoms in total. The Hall–Kier alpha value is -0.710. The fourth-order valence-corrected chi connectivity index (χ4v) is 3.53. The lowest BCUT2D eigenvalue weighted by Crippen LogP contribution is -2.40. The van der Waals surface area contributed by atoms with Gasteiger partial charge in [-0.2, -0.15) is 0 Å². The molecule has 0 amide bonds. The van der Waals surface area contributed by atoms with E-state index in [2.05, 4.69) is 12.1 Å². The number of hydrogen-bond acceptors (Lipinski definition) is 4. The van der Waals surface area contributed by atoms with Gasteiger partial charge in [0.2, 0.25) is 0 Å². The van der Waals surface area contributed by atoms with E-state index in [0.717, 1.165) is 25.0 Å². The summed E-state index contributed by atoms with van der Waals surface area (Å²) in [5, 5.41) is 9.74. The molecule has 0 aromatic heterocycles. The number of aliphatic hydroxyl groups is 1. The molecule has 3 N–H and O–H groups in total. The normalized spacial score (nSPS) is 28.3. The van der Waals surface area contributed by atoms with Crippen LogP contribution in [0.3, 0.4) is 0 Å². The maximum Gasteiger partial charge on any atom is 0.118 e. The molecule has 1 aromatic carbocycles. The van der Waals surface area contributed by atoms with Crippen LogP contribution in [0.25, 0.3) is 0 Å². The zero-order valence-corrected chi connectivity index (χ0v) is 10.9. The molecule has 2 unspecified atom stereocenters. The summed E-state index contributed by atoms with van der Waals surface area (Å²) >= 11 is 1.84. The quantitative estimate of drug-likeness (QED) is 0.862. The van der Waals surface area contributed by atoms with E-state index in [-0.39, 0.29) is 12.1 Å². The van der Waals surface area contributed by atoms with Gasteiger partial charge in [0, 0.05) is 15.7 Å². The molecule has 0 aliphatic heterocycles. The molecule has 0 spiro atoms. The Morgan fingerprint density at radius 3 is 2.71 bits per heavy atom. The van der Waals surface area contributed by atoms with Gasteiger partial charge < -0.3 is 15.6 Å². The fraction of sp³-hybridized carbons (Fsp3) is 0.538. The maximum atomic E-state index is 9.23. The molecular formula is C13H19NO2S. The van der Waals surface area contributed by atoms with Gasteiger partial charge in [0.15, 0.2) is 0 Å². The summed E-state index contributed by atoms with van der Waals surface area (Å²) in [6.45, 7) is 0.0900. The number of hydrogen-bond donors (Lipinski definition) is 2. The number of thioether (sulfide) groups is 1. The van der Waals surface area contributed by atoms with Crippen LogP contribution in [0.15, 0.2) is 29.2 Å². The second-order valence-corrected chi connectivity index (χ2v) is 6.05. The summed E-state index contributed by atoms with van der Waals surface area (Å²) < 4.78 is 5.13. The van der Waals surface area contributed by atoms with Crippen molar-refractivity contribution < 1.29 is 9.84 Å². The standard InChI is InChI=1S/C13H19NO2S/c1-16-10-2-4-11(5-3-10)17-12-6-7-13(14,8-12)9-15/h2-5,12,15H,6-9,14H2,1H3. The second kappa shape index (κ2) is 5.29. The molecule has 1 aliphatic carbocycles. The highest BCUT2D eigenvalue weighted by atomic mass is 32.2. The number of ether oxygens (including phenoxy) is 1. The smallest absolute Gasteiger partial charge is 0.118 e. The van der Waals surface area contributed by atoms with Gasteiger partial charge in [0.25, 0.3) is 0 Å². The van der Waals surface area contributed by atoms with Crippen molar-refractivity contribution in [3.63, 3.8) is 0 Å². The molecule has 4 heteroatoms. The van der Waals surface area contributed by atoms with Gasteiger partial charge >= 0.3 is 0 Å². The van der Waals surface area contributed by atoms with E-state index >= 15 is 0 Å². The van der Waals surface area contributed by atoms with E-state index in [9.17, 15) is 5.11 Å². The van der Waals surface area contributed by atoms with Gasteiger partial charge in [-0.05, 0) is 43.5 Å². The van der Waals surface area contributed by atoms with Crippen molar-refractivity contribution in [2.45, 2.75) is 34.9 Å². The third kappa shape index (κ3) is 3.15. The first-order chi connectivity index (χ1) is 8.15. The van der Waals surface area contributed by atoms with Crippen LogP contribution in [0, 0.1) is 0 Å². The van der Waals surface area contributed by atoms with E-state index in [0.29, 0.717) is 5.25 Å². The van der Waals surface area contributed by atoms with E-state index in [1.807, 2.05) is 23.9 Å². The first kappa shape index (κ1) is 12.7. The van der Waals surface area contributed by atoms with Crippen molar-refractivity contribution in [3.8, 4) is 5.75 Å². The molecule has 17 heavy (non-hydrogen) atoms. The Labute approximate surface area is 106 Å². The highest BCUT2D eigenvalue weighted by Gasteiger charge is 2.35. The van der Waals surface area contributed by atoms with Crippen LogP contribution in [-0.4, -0.2) is 29.6 Å². The summed E-state index contributed by atoms with van der Waals surface area (Å²) in [5.41, 5.74) is 5.71. The van der Waals surface area contributed by atoms with Crippen LogP contribution in [0.4, 0.5) is 0 Å². The highest BCUT2D eigenvalue weighted by Crippen LogP contribution is 2.39. The SMILES string of the molecule is COc1ccc(SC2CCC(N)(CO)C2)cc1. The van der Waals surface area contributed by atoms with Gasteiger partial charge in [-0.3, -0.25) is 0 Å². The van der Waals surface area contributed by atoms with Gasteiger partial charge in [-0.15, -0.1) is 11.8 Å². The van der Waals surface area contributed by atoms with Crippen LogP contribution in [0.1, 0.15) is 19.3 Å². The van der Waals surface area contributed by atoms with Gasteiger partial charge in [-0.1, -0.05) is 0 Å². The first-order valence-electron chi connectivity index (χ1n) is 5.86. The van der Waals surface area contributed by atoms with E-state index < -0.39 is 0 Å². The molecule has 2 rings (SSSR count). The highest BCUT2D eigenvalue weighted by molar-refractivity contribution is 8.00. The summed E-state index contributed by atoms with van der Waals surface area (Å²) in [6, 6.07) is 8.08. The molecule has 0 bridgehead atoms. The number of rotatable bonds is 4. The number of benzene rings is 1. The lowest BCUT2D eigenvalue weighted by molar-refractivity contribution is 0.200. The molecular weight excluding hydrogens is 234 g/mol. The lowest BCUT2D eigenvalue weighted by Gasteiger charge is -2.20. The molecule has 0 radical (unpaired) electrons. The summed E-state index contributed by atoms with van der Waals surface area (Å²) in [4.78, 5) is 1.23. The van der Waals surface area contributed by atoms with Crippen LogP contribution in [0.5, 0.6) is 5.75 Å². The third-order valence-corrected chi connectivity index (χ3v) is 4.56. The van der Waals surface area contributed by atoms with Crippen molar-refractivity contribution in [1.29, 1.82) is 0 Å². The van der Waals surface area contributed by atoms with Crippen LogP contribution < -0.4 is 10.5 Å². The number of aliphatic hydroxyl groups excluding tert-OH is 1. The van der Waals surface area contributed by atoms with E-state index in [4.69, 9.17) is 10.5 Å². The number of nitrogens with two attached hydrogens (primary N) is 1. The van der Waals surface area contributed by atoms with Crippen molar-refractivity contribution in [2.24, 2.45) is 5.73 Å². The Bertz CT molecular complexity index is 368. The maximum absolute atomic E-state index is 9.23. The second-order valence-electron chi connectivity index (χ2n) is 4.68. The van der Waals surface area contributed by atoms with Crippen LogP contribution in [0.2, 0.25) is 0 Å². The van der Waals surface area contributed by atoms with Gasteiger partial charge in [-0.25, -0.2) is 0 Å². The van der Waals surface area contributed by atoms with Crippen molar-refractivity contribution in [1.82, 2.24) is 0 Å². The molecule has 1 aliphatic rings. The largest absolute Gasteiger partial charge is 0.497 e. The fourth-order valence-electron chi connectivity index (χ4n) is 2.20. The Morgan fingerprint density at radius 1 is 1.47 bits per heavy atom. The Morgan fingerprint density at radius 2 is 2.18 bits per heavy atom.